The number of carbonyl (C=O) groups excluding carboxylic acids is 2. The van der Waals surface area contributed by atoms with E-state index in [0.29, 0.717) is 29.7 Å². The largest absolute Gasteiger partial charge is 0.383 e. The molecule has 4 N–H and O–H groups in total. The van der Waals surface area contributed by atoms with Gasteiger partial charge in [0.05, 0.1) is 23.1 Å². The third-order valence-electron chi connectivity index (χ3n) is 7.87. The normalized spacial score (nSPS) is 20.5. The van der Waals surface area contributed by atoms with Gasteiger partial charge in [0.2, 0.25) is 5.82 Å². The summed E-state index contributed by atoms with van der Waals surface area (Å²) in [5, 5.41) is 19.1. The molecule has 0 saturated carbocycles. The number of nitrogens with one attached hydrogen (secondary N) is 2. The highest BCUT2D eigenvalue weighted by Crippen LogP contribution is 2.45. The van der Waals surface area contributed by atoms with Gasteiger partial charge in [0, 0.05) is 41.5 Å². The number of piperidine rings is 1. The number of hydrogen-bond acceptors (Lipinski definition) is 9. The Morgan fingerprint density at radius 1 is 1.08 bits per heavy atom. The zero-order valence-corrected chi connectivity index (χ0v) is 21.1. The number of anilines is 1. The lowest BCUT2D eigenvalue weighted by molar-refractivity contribution is 0.0556. The van der Waals surface area contributed by atoms with Crippen LogP contribution in [0.4, 0.5) is 5.82 Å². The van der Waals surface area contributed by atoms with Crippen molar-refractivity contribution in [2.75, 3.05) is 5.73 Å². The summed E-state index contributed by atoms with van der Waals surface area (Å²) in [6.07, 6.45) is 9.75. The van der Waals surface area contributed by atoms with Crippen molar-refractivity contribution >= 4 is 23.2 Å². The Hall–Kier alpha value is -4.94. The Labute approximate surface area is 221 Å². The number of amides is 1. The van der Waals surface area contributed by atoms with Gasteiger partial charge < -0.3 is 15.6 Å². The monoisotopic (exact) mass is 523 g/mol. The van der Waals surface area contributed by atoms with E-state index >= 15 is 0 Å². The number of aromatic nitrogens is 9. The van der Waals surface area contributed by atoms with E-state index in [2.05, 4.69) is 35.5 Å². The van der Waals surface area contributed by atoms with Gasteiger partial charge in [0.25, 0.3) is 5.91 Å². The molecule has 1 amide bonds. The maximum Gasteiger partial charge on any atom is 0.292 e. The fraction of sp³-hybridized carbons (Fsp3) is 0.308. The number of nitrogen functional groups attached to an aromatic ring is 1. The smallest absolute Gasteiger partial charge is 0.292 e. The van der Waals surface area contributed by atoms with Gasteiger partial charge in [-0.2, -0.15) is 14.7 Å². The highest BCUT2D eigenvalue weighted by molar-refractivity contribution is 6.00. The summed E-state index contributed by atoms with van der Waals surface area (Å²) < 4.78 is 1.52. The third-order valence-corrected chi connectivity index (χ3v) is 7.87. The third kappa shape index (κ3) is 3.68. The van der Waals surface area contributed by atoms with Crippen molar-refractivity contribution in [3.63, 3.8) is 0 Å². The molecule has 7 heterocycles. The van der Waals surface area contributed by atoms with E-state index in [9.17, 15) is 9.59 Å². The van der Waals surface area contributed by atoms with Gasteiger partial charge >= 0.3 is 0 Å². The second-order valence-corrected chi connectivity index (χ2v) is 10.1. The summed E-state index contributed by atoms with van der Waals surface area (Å²) in [6.45, 7) is 1.50. The number of Topliss-reactive ketones (excluding diaryl/α,β-unsaturated/α-hetero) is 1. The maximum absolute atomic E-state index is 13.1. The number of rotatable bonds is 5. The predicted octanol–water partition coefficient (Wildman–Crippen LogP) is 2.64. The topological polar surface area (TPSA) is 177 Å². The molecule has 196 valence electrons. The van der Waals surface area contributed by atoms with Crippen LogP contribution in [0, 0.1) is 0 Å². The molecule has 1 unspecified atom stereocenters. The SMILES string of the molecule is CC(=O)c1c(C2C[C@H]3CC[C@@H](C2)N3C(=O)c2nnc[nH]2)nc2c(-c3ccc(-c4cc[nH]n4)nc3)cnn2c1N. The molecule has 2 fully saturated rings. The number of ketones is 1. The molecule has 39 heavy (non-hydrogen) atoms. The van der Waals surface area contributed by atoms with E-state index < -0.39 is 0 Å². The lowest BCUT2D eigenvalue weighted by atomic mass is 9.85. The summed E-state index contributed by atoms with van der Waals surface area (Å²) in [5.41, 5.74) is 11.3. The molecule has 7 rings (SSSR count). The highest BCUT2D eigenvalue weighted by Gasteiger charge is 2.45. The zero-order valence-electron chi connectivity index (χ0n) is 21.1. The number of fused-ring (bicyclic) bond motifs is 3. The first-order valence-electron chi connectivity index (χ1n) is 12.8. The quantitative estimate of drug-likeness (QED) is 0.292. The van der Waals surface area contributed by atoms with Gasteiger partial charge in [-0.05, 0) is 44.7 Å². The van der Waals surface area contributed by atoms with Crippen molar-refractivity contribution in [3.05, 3.63) is 60.2 Å². The van der Waals surface area contributed by atoms with Gasteiger partial charge in [-0.3, -0.25) is 19.7 Å². The molecule has 2 aliphatic heterocycles. The van der Waals surface area contributed by atoms with Crippen LogP contribution >= 0.6 is 0 Å². The number of nitrogens with zero attached hydrogens (tertiary/aromatic N) is 8. The Bertz CT molecular complexity index is 1680. The van der Waals surface area contributed by atoms with E-state index in [0.717, 1.165) is 35.4 Å². The van der Waals surface area contributed by atoms with Crippen LogP contribution in [0.15, 0.2) is 43.1 Å². The van der Waals surface area contributed by atoms with Crippen LogP contribution in [-0.4, -0.2) is 73.6 Å². The fourth-order valence-corrected chi connectivity index (χ4v) is 6.16. The number of carbonyl (C=O) groups is 2. The first-order chi connectivity index (χ1) is 19.0. The van der Waals surface area contributed by atoms with E-state index in [1.807, 2.05) is 23.1 Å². The Balaban J connectivity index is 1.27. The highest BCUT2D eigenvalue weighted by atomic mass is 16.2. The van der Waals surface area contributed by atoms with Crippen molar-refractivity contribution < 1.29 is 9.59 Å². The van der Waals surface area contributed by atoms with Crippen molar-refractivity contribution in [1.29, 1.82) is 0 Å². The van der Waals surface area contributed by atoms with Gasteiger partial charge in [0.15, 0.2) is 11.4 Å². The lowest BCUT2D eigenvalue weighted by Crippen LogP contribution is -2.46. The summed E-state index contributed by atoms with van der Waals surface area (Å²) in [7, 11) is 0. The van der Waals surface area contributed by atoms with E-state index in [4.69, 9.17) is 10.7 Å². The molecule has 0 spiro atoms. The van der Waals surface area contributed by atoms with Gasteiger partial charge in [-0.15, -0.1) is 10.2 Å². The van der Waals surface area contributed by atoms with Crippen molar-refractivity contribution in [3.8, 4) is 22.5 Å². The van der Waals surface area contributed by atoms with Crippen molar-refractivity contribution in [2.45, 2.75) is 50.6 Å². The lowest BCUT2D eigenvalue weighted by Gasteiger charge is -2.38. The van der Waals surface area contributed by atoms with Crippen molar-refractivity contribution in [2.24, 2.45) is 0 Å². The first-order valence-corrected chi connectivity index (χ1v) is 12.8. The number of aromatic amines is 2. The van der Waals surface area contributed by atoms with Crippen LogP contribution in [0.2, 0.25) is 0 Å². The van der Waals surface area contributed by atoms with E-state index in [1.165, 1.54) is 17.8 Å². The Morgan fingerprint density at radius 2 is 1.90 bits per heavy atom. The van der Waals surface area contributed by atoms with Crippen molar-refractivity contribution in [1.82, 2.24) is 49.9 Å². The average molecular weight is 524 g/mol. The number of H-pyrrole nitrogens is 2. The molecule has 2 bridgehead atoms. The summed E-state index contributed by atoms with van der Waals surface area (Å²) in [5.74, 6) is 0.177. The molecule has 3 atom stereocenters. The second kappa shape index (κ2) is 8.82. The maximum atomic E-state index is 13.1. The molecular formula is C26H25N11O2. The summed E-state index contributed by atoms with van der Waals surface area (Å²) in [6, 6.07) is 5.73. The zero-order chi connectivity index (χ0) is 26.7. The molecule has 2 aliphatic rings. The average Bonchev–Trinajstić information content (AvgIpc) is 3.75. The molecule has 0 aromatic carbocycles. The number of nitrogens with two attached hydrogens (primary N) is 1. The predicted molar refractivity (Wildman–Crippen MR) is 140 cm³/mol. The van der Waals surface area contributed by atoms with Crippen LogP contribution in [0.1, 0.15) is 65.2 Å². The fourth-order valence-electron chi connectivity index (χ4n) is 6.16. The molecule has 13 nitrogen and oxygen atoms in total. The van der Waals surface area contributed by atoms with Gasteiger partial charge in [-0.25, -0.2) is 4.98 Å². The molecule has 5 aromatic rings. The Kier molecular flexibility index (Phi) is 5.25. The van der Waals surface area contributed by atoms with Gasteiger partial charge in [-0.1, -0.05) is 6.07 Å². The van der Waals surface area contributed by atoms with Crippen LogP contribution in [-0.2, 0) is 0 Å². The summed E-state index contributed by atoms with van der Waals surface area (Å²) >= 11 is 0. The Morgan fingerprint density at radius 3 is 2.54 bits per heavy atom. The van der Waals surface area contributed by atoms with E-state index in [1.54, 1.807) is 18.6 Å². The molecule has 0 aliphatic carbocycles. The molecule has 5 aromatic heterocycles. The van der Waals surface area contributed by atoms with Crippen LogP contribution in [0.5, 0.6) is 0 Å². The number of hydrogen-bond donors (Lipinski definition) is 3. The first kappa shape index (κ1) is 23.2. The minimum Gasteiger partial charge on any atom is -0.383 e. The van der Waals surface area contributed by atoms with Crippen LogP contribution < -0.4 is 5.73 Å². The second-order valence-electron chi connectivity index (χ2n) is 10.1. The molecule has 2 saturated heterocycles. The minimum atomic E-state index is -0.161. The standard InChI is InChI=1S/C26H25N11O2/c1-13(38)21-22(15-8-16-3-4-17(9-15)36(16)26(39)24-29-12-31-35-24)33-25-18(11-32-37(25)23(21)27)14-2-5-19(28-10-14)20-6-7-30-34-20/h2,5-7,10-12,15-17H,3-4,8-9,27H2,1H3,(H,30,34)(H,29,31,35)/t15?,16-,17+. The van der Waals surface area contributed by atoms with Gasteiger partial charge in [0.1, 0.15) is 17.8 Å². The van der Waals surface area contributed by atoms with E-state index in [-0.39, 0.29) is 41.3 Å². The molecular weight excluding hydrogens is 498 g/mol. The molecule has 13 heteroatoms. The van der Waals surface area contributed by atoms with Crippen LogP contribution in [0.25, 0.3) is 28.2 Å². The summed E-state index contributed by atoms with van der Waals surface area (Å²) in [4.78, 5) is 40.3. The van der Waals surface area contributed by atoms with Crippen LogP contribution in [0.3, 0.4) is 0 Å². The minimum absolute atomic E-state index is 0.0218. The molecule has 0 radical (unpaired) electrons. The number of pyridine rings is 1.